The number of halogens is 1. The minimum Gasteiger partial charge on any atom is -0.390 e. The zero-order chi connectivity index (χ0) is 7.56. The fourth-order valence-electron chi connectivity index (χ4n) is 1.12. The summed E-state index contributed by atoms with van der Waals surface area (Å²) in [4.78, 5) is 0. The SMILES string of the molecule is O[C@@H]1CNCC(CF)[C@H]1O. The first-order valence-corrected chi connectivity index (χ1v) is 3.38. The number of hydrogen-bond donors (Lipinski definition) is 3. The number of hydrogen-bond acceptors (Lipinski definition) is 3. The molecule has 3 atom stereocenters. The second-order valence-corrected chi connectivity index (χ2v) is 2.63. The second kappa shape index (κ2) is 3.27. The summed E-state index contributed by atoms with van der Waals surface area (Å²) >= 11 is 0. The van der Waals surface area contributed by atoms with E-state index in [1.165, 1.54) is 0 Å². The number of alkyl halides is 1. The quantitative estimate of drug-likeness (QED) is 0.443. The smallest absolute Gasteiger partial charge is 0.0960 e. The van der Waals surface area contributed by atoms with Crippen LogP contribution in [0.15, 0.2) is 0 Å². The van der Waals surface area contributed by atoms with Gasteiger partial charge in [0.05, 0.1) is 18.9 Å². The van der Waals surface area contributed by atoms with Crippen molar-refractivity contribution in [2.75, 3.05) is 19.8 Å². The maximum Gasteiger partial charge on any atom is 0.0960 e. The van der Waals surface area contributed by atoms with Crippen LogP contribution in [0.4, 0.5) is 4.39 Å². The van der Waals surface area contributed by atoms with E-state index in [4.69, 9.17) is 10.2 Å². The molecule has 1 aliphatic rings. The Morgan fingerprint density at radius 2 is 2.10 bits per heavy atom. The molecule has 1 heterocycles. The first-order valence-electron chi connectivity index (χ1n) is 3.38. The van der Waals surface area contributed by atoms with Crippen LogP contribution in [0.2, 0.25) is 0 Å². The van der Waals surface area contributed by atoms with Crippen molar-refractivity contribution in [2.45, 2.75) is 12.2 Å². The Morgan fingerprint density at radius 3 is 2.60 bits per heavy atom. The summed E-state index contributed by atoms with van der Waals surface area (Å²) in [5.41, 5.74) is 0. The van der Waals surface area contributed by atoms with Crippen molar-refractivity contribution in [3.8, 4) is 0 Å². The molecule has 0 aromatic carbocycles. The van der Waals surface area contributed by atoms with Crippen molar-refractivity contribution in [1.29, 1.82) is 0 Å². The van der Waals surface area contributed by atoms with Crippen LogP contribution < -0.4 is 5.32 Å². The monoisotopic (exact) mass is 149 g/mol. The van der Waals surface area contributed by atoms with Gasteiger partial charge in [-0.15, -0.1) is 0 Å². The average molecular weight is 149 g/mol. The predicted octanol–water partition coefficient (Wildman–Crippen LogP) is -1.10. The van der Waals surface area contributed by atoms with Gasteiger partial charge in [-0.05, 0) is 0 Å². The number of β-amino-alcohol motifs (C(OH)–C–C–N with tert-alkyl or cyclic N) is 1. The summed E-state index contributed by atoms with van der Waals surface area (Å²) in [7, 11) is 0. The van der Waals surface area contributed by atoms with Crippen molar-refractivity contribution in [2.24, 2.45) is 5.92 Å². The Bertz CT molecular complexity index is 112. The molecule has 1 fully saturated rings. The largest absolute Gasteiger partial charge is 0.390 e. The number of aliphatic hydroxyl groups is 2. The number of nitrogens with one attached hydrogen (secondary N) is 1. The van der Waals surface area contributed by atoms with Gasteiger partial charge in [0.25, 0.3) is 0 Å². The predicted molar refractivity (Wildman–Crippen MR) is 34.3 cm³/mol. The first-order chi connectivity index (χ1) is 4.75. The maximum absolute atomic E-state index is 12.0. The molecule has 10 heavy (non-hydrogen) atoms. The molecule has 1 rings (SSSR count). The fourth-order valence-corrected chi connectivity index (χ4v) is 1.12. The van der Waals surface area contributed by atoms with Crippen LogP contribution in [-0.4, -0.2) is 42.2 Å². The number of rotatable bonds is 1. The summed E-state index contributed by atoms with van der Waals surface area (Å²) < 4.78 is 12.0. The van der Waals surface area contributed by atoms with Gasteiger partial charge < -0.3 is 15.5 Å². The minimum atomic E-state index is -0.897. The highest BCUT2D eigenvalue weighted by molar-refractivity contribution is 4.83. The van der Waals surface area contributed by atoms with E-state index >= 15 is 0 Å². The topological polar surface area (TPSA) is 52.5 Å². The van der Waals surface area contributed by atoms with Gasteiger partial charge in [-0.3, -0.25) is 4.39 Å². The standard InChI is InChI=1S/C6H12FNO2/c7-1-4-2-8-3-5(9)6(4)10/h4-6,8-10H,1-3H2/t4?,5-,6-/m1/s1. The van der Waals surface area contributed by atoms with Crippen LogP contribution in [-0.2, 0) is 0 Å². The van der Waals surface area contributed by atoms with E-state index in [9.17, 15) is 4.39 Å². The molecule has 0 aromatic rings. The van der Waals surface area contributed by atoms with Crippen molar-refractivity contribution in [1.82, 2.24) is 5.32 Å². The Kier molecular flexibility index (Phi) is 2.59. The van der Waals surface area contributed by atoms with Crippen LogP contribution in [0.3, 0.4) is 0 Å². The van der Waals surface area contributed by atoms with Gasteiger partial charge in [0, 0.05) is 19.0 Å². The molecule has 0 aliphatic carbocycles. The lowest BCUT2D eigenvalue weighted by atomic mass is 9.95. The molecule has 0 saturated carbocycles. The van der Waals surface area contributed by atoms with Gasteiger partial charge in [0.15, 0.2) is 0 Å². The van der Waals surface area contributed by atoms with E-state index in [1.807, 2.05) is 0 Å². The Labute approximate surface area is 58.9 Å². The van der Waals surface area contributed by atoms with Gasteiger partial charge in [-0.1, -0.05) is 0 Å². The minimum absolute atomic E-state index is 0.359. The van der Waals surface area contributed by atoms with Gasteiger partial charge >= 0.3 is 0 Å². The van der Waals surface area contributed by atoms with Crippen LogP contribution in [0.1, 0.15) is 0 Å². The fraction of sp³-hybridized carbons (Fsp3) is 1.00. The van der Waals surface area contributed by atoms with E-state index in [2.05, 4.69) is 5.32 Å². The Hall–Kier alpha value is -0.190. The van der Waals surface area contributed by atoms with Crippen LogP contribution in [0.5, 0.6) is 0 Å². The Balaban J connectivity index is 2.42. The summed E-state index contributed by atoms with van der Waals surface area (Å²) in [6.07, 6.45) is -1.71. The molecule has 0 bridgehead atoms. The van der Waals surface area contributed by atoms with E-state index in [1.54, 1.807) is 0 Å². The average Bonchev–Trinajstić information content (AvgIpc) is 1.95. The zero-order valence-corrected chi connectivity index (χ0v) is 5.63. The third-order valence-corrected chi connectivity index (χ3v) is 1.84. The van der Waals surface area contributed by atoms with E-state index in [0.29, 0.717) is 13.1 Å². The highest BCUT2D eigenvalue weighted by Crippen LogP contribution is 2.11. The van der Waals surface area contributed by atoms with Gasteiger partial charge in [0.1, 0.15) is 0 Å². The molecule has 0 aromatic heterocycles. The molecular weight excluding hydrogens is 137 g/mol. The summed E-state index contributed by atoms with van der Waals surface area (Å²) in [5.74, 6) is -0.441. The van der Waals surface area contributed by atoms with Crippen LogP contribution >= 0.6 is 0 Å². The zero-order valence-electron chi connectivity index (χ0n) is 5.63. The molecule has 4 heteroatoms. The summed E-state index contributed by atoms with van der Waals surface area (Å²) in [5, 5.41) is 20.9. The lowest BCUT2D eigenvalue weighted by Gasteiger charge is -2.30. The highest BCUT2D eigenvalue weighted by Gasteiger charge is 2.29. The van der Waals surface area contributed by atoms with Crippen molar-refractivity contribution < 1.29 is 14.6 Å². The lowest BCUT2D eigenvalue weighted by molar-refractivity contribution is -0.0406. The second-order valence-electron chi connectivity index (χ2n) is 2.63. The third-order valence-electron chi connectivity index (χ3n) is 1.84. The molecule has 1 saturated heterocycles. The molecule has 1 unspecified atom stereocenters. The van der Waals surface area contributed by atoms with Crippen molar-refractivity contribution in [3.05, 3.63) is 0 Å². The summed E-state index contributed by atoms with van der Waals surface area (Å²) in [6, 6.07) is 0. The van der Waals surface area contributed by atoms with Gasteiger partial charge in [0.2, 0.25) is 0 Å². The molecule has 0 amide bonds. The van der Waals surface area contributed by atoms with E-state index in [0.717, 1.165) is 0 Å². The van der Waals surface area contributed by atoms with Gasteiger partial charge in [-0.25, -0.2) is 0 Å². The van der Waals surface area contributed by atoms with Gasteiger partial charge in [-0.2, -0.15) is 0 Å². The third kappa shape index (κ3) is 1.45. The molecule has 0 radical (unpaired) electrons. The lowest BCUT2D eigenvalue weighted by Crippen LogP contribution is -2.51. The molecule has 3 nitrogen and oxygen atoms in total. The molecule has 0 spiro atoms. The number of aliphatic hydroxyl groups excluding tert-OH is 2. The number of piperidine rings is 1. The first kappa shape index (κ1) is 7.91. The van der Waals surface area contributed by atoms with E-state index in [-0.39, 0.29) is 0 Å². The van der Waals surface area contributed by atoms with Crippen LogP contribution in [0.25, 0.3) is 0 Å². The Morgan fingerprint density at radius 1 is 1.40 bits per heavy atom. The molecule has 60 valence electrons. The molecule has 1 aliphatic heterocycles. The van der Waals surface area contributed by atoms with Crippen LogP contribution in [0, 0.1) is 5.92 Å². The highest BCUT2D eigenvalue weighted by atomic mass is 19.1. The summed E-state index contributed by atoms with van der Waals surface area (Å²) in [6.45, 7) is 0.234. The maximum atomic E-state index is 12.0. The molecule has 3 N–H and O–H groups in total. The van der Waals surface area contributed by atoms with E-state index < -0.39 is 24.8 Å². The normalized spacial score (nSPS) is 41.7. The van der Waals surface area contributed by atoms with Crippen molar-refractivity contribution >= 4 is 0 Å². The van der Waals surface area contributed by atoms with Crippen molar-refractivity contribution in [3.63, 3.8) is 0 Å². The molecular formula is C6H12FNO2.